The molecule has 1 rings (SSSR count). The maximum Gasteiger partial charge on any atom is 0.323 e. The lowest BCUT2D eigenvalue weighted by Gasteiger charge is -2.30. The van der Waals surface area contributed by atoms with Crippen molar-refractivity contribution in [3.63, 3.8) is 0 Å². The average Bonchev–Trinajstić information content (AvgIpc) is 2.37. The van der Waals surface area contributed by atoms with Crippen molar-refractivity contribution in [2.24, 2.45) is 0 Å². The normalized spacial score (nSPS) is 11.4. The largest absolute Gasteiger partial charge is 0.480 e. The second kappa shape index (κ2) is 7.17. The van der Waals surface area contributed by atoms with E-state index in [0.717, 1.165) is 18.4 Å². The van der Waals surface area contributed by atoms with E-state index in [9.17, 15) is 9.90 Å². The Morgan fingerprint density at radius 2 is 1.72 bits per heavy atom. The Balaban J connectivity index is 2.74. The molecule has 0 aliphatic rings. The van der Waals surface area contributed by atoms with Gasteiger partial charge >= 0.3 is 5.97 Å². The summed E-state index contributed by atoms with van der Waals surface area (Å²) in [7, 11) is 0. The molecule has 18 heavy (non-hydrogen) atoms. The van der Waals surface area contributed by atoms with Gasteiger partial charge in [0.25, 0.3) is 0 Å². The molecule has 0 saturated heterocycles. The standard InChI is InChI=1S/C15H23NO2/c1-3-10-15(11-4-2,14(17)18)16-12-13-8-6-5-7-9-13/h5-9,16H,3-4,10-12H2,1-2H3,(H,17,18). The second-order valence-electron chi connectivity index (χ2n) is 4.73. The van der Waals surface area contributed by atoms with Crippen molar-refractivity contribution in [1.29, 1.82) is 0 Å². The lowest BCUT2D eigenvalue weighted by Crippen LogP contribution is -2.51. The summed E-state index contributed by atoms with van der Waals surface area (Å²) in [6.45, 7) is 4.65. The van der Waals surface area contributed by atoms with Gasteiger partial charge in [-0.25, -0.2) is 0 Å². The van der Waals surface area contributed by atoms with Gasteiger partial charge in [-0.15, -0.1) is 0 Å². The molecule has 100 valence electrons. The van der Waals surface area contributed by atoms with Gasteiger partial charge < -0.3 is 5.11 Å². The first-order valence-corrected chi connectivity index (χ1v) is 6.67. The molecule has 0 aliphatic carbocycles. The van der Waals surface area contributed by atoms with Gasteiger partial charge in [-0.1, -0.05) is 57.0 Å². The maximum absolute atomic E-state index is 11.6. The van der Waals surface area contributed by atoms with Gasteiger partial charge in [-0.2, -0.15) is 0 Å². The number of hydrogen-bond acceptors (Lipinski definition) is 2. The molecule has 0 aliphatic heterocycles. The number of benzene rings is 1. The van der Waals surface area contributed by atoms with Gasteiger partial charge in [-0.05, 0) is 18.4 Å². The lowest BCUT2D eigenvalue weighted by atomic mass is 9.88. The van der Waals surface area contributed by atoms with Crippen LogP contribution in [0.4, 0.5) is 0 Å². The predicted molar refractivity (Wildman–Crippen MR) is 73.5 cm³/mol. The van der Waals surface area contributed by atoms with Gasteiger partial charge in [0.1, 0.15) is 5.54 Å². The Morgan fingerprint density at radius 3 is 2.17 bits per heavy atom. The van der Waals surface area contributed by atoms with Crippen molar-refractivity contribution >= 4 is 5.97 Å². The van der Waals surface area contributed by atoms with Gasteiger partial charge in [0.2, 0.25) is 0 Å². The summed E-state index contributed by atoms with van der Waals surface area (Å²) in [6, 6.07) is 9.93. The average molecular weight is 249 g/mol. The maximum atomic E-state index is 11.6. The van der Waals surface area contributed by atoms with Crippen LogP contribution in [0.1, 0.15) is 45.1 Å². The van der Waals surface area contributed by atoms with Gasteiger partial charge in [0.15, 0.2) is 0 Å². The Labute approximate surface area is 109 Å². The third-order valence-corrected chi connectivity index (χ3v) is 3.24. The zero-order valence-electron chi connectivity index (χ0n) is 11.3. The number of carbonyl (C=O) groups is 1. The van der Waals surface area contributed by atoms with Gasteiger partial charge in [0.05, 0.1) is 0 Å². The molecule has 0 fully saturated rings. The molecule has 0 atom stereocenters. The third kappa shape index (κ3) is 3.84. The van der Waals surface area contributed by atoms with Crippen LogP contribution in [0.25, 0.3) is 0 Å². The molecule has 2 N–H and O–H groups in total. The van der Waals surface area contributed by atoms with Crippen LogP contribution in [0, 0.1) is 0 Å². The molecular weight excluding hydrogens is 226 g/mol. The smallest absolute Gasteiger partial charge is 0.323 e. The Kier molecular flexibility index (Phi) is 5.86. The SMILES string of the molecule is CCCC(CCC)(NCc1ccccc1)C(=O)O. The first kappa shape index (κ1) is 14.7. The Bertz CT molecular complexity index is 356. The lowest BCUT2D eigenvalue weighted by molar-refractivity contribution is -0.145. The molecule has 3 heteroatoms. The van der Waals surface area contributed by atoms with Crippen LogP contribution in [0.2, 0.25) is 0 Å². The second-order valence-corrected chi connectivity index (χ2v) is 4.73. The van der Waals surface area contributed by atoms with E-state index < -0.39 is 11.5 Å². The summed E-state index contributed by atoms with van der Waals surface area (Å²) in [5, 5.41) is 12.8. The quantitative estimate of drug-likeness (QED) is 0.744. The Hall–Kier alpha value is -1.35. The number of nitrogens with one attached hydrogen (secondary N) is 1. The summed E-state index contributed by atoms with van der Waals surface area (Å²) in [6.07, 6.45) is 3.08. The summed E-state index contributed by atoms with van der Waals surface area (Å²) in [5.41, 5.74) is 0.342. The third-order valence-electron chi connectivity index (χ3n) is 3.24. The molecular formula is C15H23NO2. The molecule has 0 saturated carbocycles. The number of hydrogen-bond donors (Lipinski definition) is 2. The molecule has 0 aromatic heterocycles. The first-order valence-electron chi connectivity index (χ1n) is 6.67. The molecule has 0 radical (unpaired) electrons. The number of aliphatic carboxylic acids is 1. The minimum Gasteiger partial charge on any atom is -0.480 e. The zero-order chi connectivity index (χ0) is 13.4. The van der Waals surface area contributed by atoms with E-state index in [4.69, 9.17) is 0 Å². The van der Waals surface area contributed by atoms with Crippen LogP contribution >= 0.6 is 0 Å². The summed E-state index contributed by atoms with van der Waals surface area (Å²) in [4.78, 5) is 11.6. The molecule has 0 bridgehead atoms. The number of carboxylic acids is 1. The highest BCUT2D eigenvalue weighted by molar-refractivity contribution is 5.78. The Morgan fingerprint density at radius 1 is 1.17 bits per heavy atom. The van der Waals surface area contributed by atoms with Crippen molar-refractivity contribution in [2.75, 3.05) is 0 Å². The molecule has 0 amide bonds. The van der Waals surface area contributed by atoms with Crippen LogP contribution in [0.3, 0.4) is 0 Å². The van der Waals surface area contributed by atoms with Crippen LogP contribution in [0.5, 0.6) is 0 Å². The highest BCUT2D eigenvalue weighted by Crippen LogP contribution is 2.21. The van der Waals surface area contributed by atoms with E-state index in [2.05, 4.69) is 5.32 Å². The topological polar surface area (TPSA) is 49.3 Å². The van der Waals surface area contributed by atoms with E-state index >= 15 is 0 Å². The van der Waals surface area contributed by atoms with Gasteiger partial charge in [0, 0.05) is 6.54 Å². The van der Waals surface area contributed by atoms with Crippen molar-refractivity contribution in [2.45, 2.75) is 51.6 Å². The van der Waals surface area contributed by atoms with Crippen LogP contribution in [-0.4, -0.2) is 16.6 Å². The van der Waals surface area contributed by atoms with Crippen molar-refractivity contribution in [3.8, 4) is 0 Å². The fraction of sp³-hybridized carbons (Fsp3) is 0.533. The van der Waals surface area contributed by atoms with Crippen LogP contribution in [-0.2, 0) is 11.3 Å². The predicted octanol–water partition coefficient (Wildman–Crippen LogP) is 3.20. The molecule has 0 unspecified atom stereocenters. The van der Waals surface area contributed by atoms with E-state index in [1.165, 1.54) is 0 Å². The summed E-state index contributed by atoms with van der Waals surface area (Å²) in [5.74, 6) is -0.734. The highest BCUT2D eigenvalue weighted by atomic mass is 16.4. The molecule has 1 aromatic carbocycles. The number of rotatable bonds is 8. The molecule has 0 spiro atoms. The zero-order valence-corrected chi connectivity index (χ0v) is 11.3. The van der Waals surface area contributed by atoms with Crippen LogP contribution in [0.15, 0.2) is 30.3 Å². The van der Waals surface area contributed by atoms with Crippen molar-refractivity contribution in [1.82, 2.24) is 5.32 Å². The number of carboxylic acid groups (broad SMARTS) is 1. The minimum atomic E-state index is -0.778. The fourth-order valence-electron chi connectivity index (χ4n) is 2.31. The van der Waals surface area contributed by atoms with Crippen LogP contribution < -0.4 is 5.32 Å². The van der Waals surface area contributed by atoms with E-state index in [0.29, 0.717) is 19.4 Å². The first-order chi connectivity index (χ1) is 8.64. The van der Waals surface area contributed by atoms with Gasteiger partial charge in [-0.3, -0.25) is 10.1 Å². The fourth-order valence-corrected chi connectivity index (χ4v) is 2.31. The summed E-state index contributed by atoms with van der Waals surface area (Å²) < 4.78 is 0. The van der Waals surface area contributed by atoms with E-state index in [1.807, 2.05) is 44.2 Å². The molecule has 1 aromatic rings. The summed E-state index contributed by atoms with van der Waals surface area (Å²) >= 11 is 0. The van der Waals surface area contributed by atoms with E-state index in [1.54, 1.807) is 0 Å². The monoisotopic (exact) mass is 249 g/mol. The van der Waals surface area contributed by atoms with E-state index in [-0.39, 0.29) is 0 Å². The molecule has 3 nitrogen and oxygen atoms in total. The van der Waals surface area contributed by atoms with Crippen molar-refractivity contribution in [3.05, 3.63) is 35.9 Å². The molecule has 0 heterocycles. The minimum absolute atomic E-state index is 0.604. The highest BCUT2D eigenvalue weighted by Gasteiger charge is 2.35. The van der Waals surface area contributed by atoms with Crippen molar-refractivity contribution < 1.29 is 9.90 Å².